The SMILES string of the molecule is Cc1ncc(-c2ccn3c(-c4cccc(NC5CCCN(C(=O)OC(C)(C)C)C5)n4)cnc3c2)n1SF. The summed E-state index contributed by atoms with van der Waals surface area (Å²) in [6.45, 7) is 8.64. The number of ether oxygens (including phenoxy) is 1. The molecule has 1 atom stereocenters. The molecule has 1 fully saturated rings. The van der Waals surface area contributed by atoms with Crippen LogP contribution in [0.2, 0.25) is 0 Å². The molecule has 4 aromatic rings. The molecule has 9 nitrogen and oxygen atoms in total. The number of amides is 1. The average molecular weight is 524 g/mol. The number of hydrogen-bond donors (Lipinski definition) is 1. The van der Waals surface area contributed by atoms with Gasteiger partial charge in [-0.05, 0) is 64.8 Å². The van der Waals surface area contributed by atoms with Crippen molar-refractivity contribution in [3.63, 3.8) is 0 Å². The van der Waals surface area contributed by atoms with Crippen molar-refractivity contribution in [2.45, 2.75) is 52.2 Å². The molecule has 1 N–H and O–H groups in total. The number of hydrogen-bond acceptors (Lipinski definition) is 7. The fourth-order valence-electron chi connectivity index (χ4n) is 4.50. The van der Waals surface area contributed by atoms with E-state index in [0.29, 0.717) is 24.6 Å². The van der Waals surface area contributed by atoms with Crippen LogP contribution in [0.5, 0.6) is 0 Å². The molecule has 37 heavy (non-hydrogen) atoms. The third kappa shape index (κ3) is 5.41. The van der Waals surface area contributed by atoms with Crippen LogP contribution >= 0.6 is 12.3 Å². The first-order chi connectivity index (χ1) is 17.7. The summed E-state index contributed by atoms with van der Waals surface area (Å²) in [5, 5.41) is 3.49. The van der Waals surface area contributed by atoms with E-state index in [0.717, 1.165) is 41.3 Å². The van der Waals surface area contributed by atoms with Gasteiger partial charge in [0.2, 0.25) is 0 Å². The lowest BCUT2D eigenvalue weighted by molar-refractivity contribution is 0.0206. The number of aromatic nitrogens is 5. The van der Waals surface area contributed by atoms with Crippen LogP contribution in [0.4, 0.5) is 14.5 Å². The van der Waals surface area contributed by atoms with Crippen LogP contribution in [0.25, 0.3) is 28.3 Å². The normalized spacial score (nSPS) is 16.2. The summed E-state index contributed by atoms with van der Waals surface area (Å²) in [5.74, 6) is 1.33. The van der Waals surface area contributed by atoms with Crippen molar-refractivity contribution in [3.05, 3.63) is 54.7 Å². The Morgan fingerprint density at radius 3 is 2.78 bits per heavy atom. The molecule has 0 bridgehead atoms. The number of pyridine rings is 2. The zero-order valence-electron chi connectivity index (χ0n) is 21.3. The summed E-state index contributed by atoms with van der Waals surface area (Å²) < 4.78 is 22.4. The maximum atomic E-state index is 13.4. The second-order valence-electron chi connectivity index (χ2n) is 10.2. The molecule has 0 saturated carbocycles. The molecule has 5 heterocycles. The van der Waals surface area contributed by atoms with Gasteiger partial charge in [0, 0.05) is 30.9 Å². The van der Waals surface area contributed by atoms with Crippen LogP contribution in [0.1, 0.15) is 39.4 Å². The number of carbonyl (C=O) groups excluding carboxylic acids is 1. The third-order valence-corrected chi connectivity index (χ3v) is 6.80. The molecule has 1 unspecified atom stereocenters. The Bertz CT molecular complexity index is 1430. The second kappa shape index (κ2) is 10.0. The van der Waals surface area contributed by atoms with Gasteiger partial charge in [-0.1, -0.05) is 6.07 Å². The highest BCUT2D eigenvalue weighted by molar-refractivity contribution is 7.92. The Labute approximate surface area is 219 Å². The topological polar surface area (TPSA) is 89.6 Å². The summed E-state index contributed by atoms with van der Waals surface area (Å²) in [6.07, 6.45) is 6.90. The number of imidazole rings is 2. The lowest BCUT2D eigenvalue weighted by Crippen LogP contribution is -2.47. The first kappa shape index (κ1) is 25.1. The molecule has 4 aromatic heterocycles. The molecule has 1 saturated heterocycles. The maximum absolute atomic E-state index is 13.4. The number of aryl methyl sites for hydroxylation is 1. The standard InChI is InChI=1S/C26H30FN7O2S/c1-17-28-14-21(34(17)37-27)18-10-12-33-22(15-29-24(33)13-18)20-8-5-9-23(31-20)30-19-7-6-11-32(16-19)25(35)36-26(2,3)4/h5,8-10,12-15,19H,6-7,11,16H2,1-4H3,(H,30,31). The quantitative estimate of drug-likeness (QED) is 0.356. The molecule has 194 valence electrons. The van der Waals surface area contributed by atoms with Crippen molar-refractivity contribution < 1.29 is 13.4 Å². The van der Waals surface area contributed by atoms with Crippen molar-refractivity contribution in [1.82, 2.24) is 28.2 Å². The minimum atomic E-state index is -0.519. The van der Waals surface area contributed by atoms with Crippen LogP contribution in [-0.4, -0.2) is 59.1 Å². The Balaban J connectivity index is 1.34. The fraction of sp³-hybridized carbons (Fsp3) is 0.385. The molecule has 5 rings (SSSR count). The van der Waals surface area contributed by atoms with Crippen molar-refractivity contribution in [3.8, 4) is 22.6 Å². The minimum absolute atomic E-state index is 0.0791. The highest BCUT2D eigenvalue weighted by Gasteiger charge is 2.27. The highest BCUT2D eigenvalue weighted by Crippen LogP contribution is 2.28. The number of piperidine rings is 1. The number of rotatable bonds is 5. The fourth-order valence-corrected chi connectivity index (χ4v) is 4.87. The summed E-state index contributed by atoms with van der Waals surface area (Å²) in [6, 6.07) is 9.71. The summed E-state index contributed by atoms with van der Waals surface area (Å²) >= 11 is 0.132. The summed E-state index contributed by atoms with van der Waals surface area (Å²) in [5.41, 5.74) is 3.32. The molecule has 0 aliphatic carbocycles. The molecular weight excluding hydrogens is 493 g/mol. The van der Waals surface area contributed by atoms with Gasteiger partial charge in [0.1, 0.15) is 22.9 Å². The van der Waals surface area contributed by atoms with Gasteiger partial charge >= 0.3 is 6.09 Å². The van der Waals surface area contributed by atoms with Crippen molar-refractivity contribution >= 4 is 29.9 Å². The number of carbonyl (C=O) groups is 1. The van der Waals surface area contributed by atoms with Gasteiger partial charge in [-0.2, -0.15) is 0 Å². The molecule has 0 aromatic carbocycles. The van der Waals surface area contributed by atoms with Gasteiger partial charge in [0.25, 0.3) is 0 Å². The predicted octanol–water partition coefficient (Wildman–Crippen LogP) is 5.76. The lowest BCUT2D eigenvalue weighted by atomic mass is 10.1. The van der Waals surface area contributed by atoms with Crippen LogP contribution in [-0.2, 0) is 4.74 Å². The summed E-state index contributed by atoms with van der Waals surface area (Å²) in [7, 11) is 0. The Kier molecular flexibility index (Phi) is 6.80. The number of halogens is 1. The van der Waals surface area contributed by atoms with E-state index in [1.165, 1.54) is 3.97 Å². The zero-order valence-corrected chi connectivity index (χ0v) is 22.1. The van der Waals surface area contributed by atoms with E-state index in [1.807, 2.05) is 61.7 Å². The van der Waals surface area contributed by atoms with Crippen LogP contribution < -0.4 is 5.32 Å². The molecule has 1 aliphatic rings. The van der Waals surface area contributed by atoms with Crippen molar-refractivity contribution in [2.24, 2.45) is 0 Å². The van der Waals surface area contributed by atoms with Gasteiger partial charge in [-0.3, -0.25) is 4.40 Å². The molecule has 11 heteroatoms. The van der Waals surface area contributed by atoms with Crippen molar-refractivity contribution in [1.29, 1.82) is 0 Å². The van der Waals surface area contributed by atoms with Crippen LogP contribution in [0, 0.1) is 6.92 Å². The monoisotopic (exact) mass is 523 g/mol. The first-order valence-electron chi connectivity index (χ1n) is 12.2. The molecule has 1 aliphatic heterocycles. The second-order valence-corrected chi connectivity index (χ2v) is 10.7. The van der Waals surface area contributed by atoms with E-state index < -0.39 is 5.60 Å². The van der Waals surface area contributed by atoms with Crippen LogP contribution in [0.15, 0.2) is 48.9 Å². The number of fused-ring (bicyclic) bond motifs is 1. The molecule has 0 radical (unpaired) electrons. The van der Waals surface area contributed by atoms with Gasteiger partial charge in [0.15, 0.2) is 12.3 Å². The predicted molar refractivity (Wildman–Crippen MR) is 143 cm³/mol. The van der Waals surface area contributed by atoms with Gasteiger partial charge < -0.3 is 15.0 Å². The average Bonchev–Trinajstić information content (AvgIpc) is 3.46. The Morgan fingerprint density at radius 1 is 1.19 bits per heavy atom. The largest absolute Gasteiger partial charge is 0.444 e. The Hall–Kier alpha value is -3.60. The number of nitrogens with one attached hydrogen (secondary N) is 1. The Morgan fingerprint density at radius 2 is 2.00 bits per heavy atom. The minimum Gasteiger partial charge on any atom is -0.444 e. The lowest BCUT2D eigenvalue weighted by Gasteiger charge is -2.34. The van der Waals surface area contributed by atoms with Gasteiger partial charge in [-0.15, -0.1) is 3.89 Å². The van der Waals surface area contributed by atoms with E-state index >= 15 is 0 Å². The number of anilines is 1. The van der Waals surface area contributed by atoms with E-state index in [-0.39, 0.29) is 24.5 Å². The van der Waals surface area contributed by atoms with Crippen LogP contribution in [0.3, 0.4) is 0 Å². The third-order valence-electron chi connectivity index (χ3n) is 6.20. The van der Waals surface area contributed by atoms with Gasteiger partial charge in [-0.25, -0.2) is 23.7 Å². The zero-order chi connectivity index (χ0) is 26.2. The maximum Gasteiger partial charge on any atom is 0.410 e. The van der Waals surface area contributed by atoms with E-state index in [9.17, 15) is 8.68 Å². The molecule has 0 spiro atoms. The van der Waals surface area contributed by atoms with Crippen molar-refractivity contribution in [2.75, 3.05) is 18.4 Å². The van der Waals surface area contributed by atoms with E-state index in [1.54, 1.807) is 24.2 Å². The summed E-state index contributed by atoms with van der Waals surface area (Å²) in [4.78, 5) is 27.9. The smallest absolute Gasteiger partial charge is 0.410 e. The number of likely N-dealkylation sites (tertiary alicyclic amines) is 1. The van der Waals surface area contributed by atoms with E-state index in [2.05, 4.69) is 15.3 Å². The molecule has 1 amide bonds. The number of nitrogens with zero attached hydrogens (tertiary/aromatic N) is 6. The van der Waals surface area contributed by atoms with Gasteiger partial charge in [0.05, 0.1) is 29.5 Å². The molecular formula is C26H30FN7O2S. The highest BCUT2D eigenvalue weighted by atomic mass is 32.2. The van der Waals surface area contributed by atoms with E-state index in [4.69, 9.17) is 9.72 Å². The first-order valence-corrected chi connectivity index (χ1v) is 12.9.